The smallest absolute Gasteiger partial charge is 0.408 e. The van der Waals surface area contributed by atoms with E-state index in [9.17, 15) is 9.59 Å². The average molecular weight is 256 g/mol. The third-order valence-corrected chi connectivity index (χ3v) is 2.75. The number of carbonyl (C=O) groups excluding carboxylic acids is 2. The van der Waals surface area contributed by atoms with Gasteiger partial charge in [-0.1, -0.05) is 12.8 Å². The van der Waals surface area contributed by atoms with Crippen molar-refractivity contribution < 1.29 is 14.3 Å². The van der Waals surface area contributed by atoms with Crippen LogP contribution in [0.15, 0.2) is 0 Å². The second-order valence-electron chi connectivity index (χ2n) is 5.68. The molecular weight excluding hydrogens is 232 g/mol. The zero-order chi connectivity index (χ0) is 13.6. The molecule has 0 radical (unpaired) electrons. The van der Waals surface area contributed by atoms with Crippen molar-refractivity contribution in [3.05, 3.63) is 0 Å². The lowest BCUT2D eigenvalue weighted by Gasteiger charge is -2.20. The zero-order valence-corrected chi connectivity index (χ0v) is 11.5. The minimum Gasteiger partial charge on any atom is -0.444 e. The van der Waals surface area contributed by atoms with Gasteiger partial charge in [-0.15, -0.1) is 0 Å². The summed E-state index contributed by atoms with van der Waals surface area (Å²) in [6.07, 6.45) is 3.66. The first-order chi connectivity index (χ1) is 8.38. The van der Waals surface area contributed by atoms with Gasteiger partial charge in [-0.2, -0.15) is 0 Å². The van der Waals surface area contributed by atoms with Gasteiger partial charge in [0, 0.05) is 0 Å². The number of rotatable bonds is 3. The van der Waals surface area contributed by atoms with E-state index in [-0.39, 0.29) is 18.4 Å². The van der Waals surface area contributed by atoms with Gasteiger partial charge in [0.2, 0.25) is 0 Å². The fraction of sp³-hybridized carbons (Fsp3) is 0.846. The Labute approximate surface area is 109 Å². The Bertz CT molecular complexity index is 289. The SMILES string of the molecule is CC(C)(C)OC(=O)NCC(=O)C1CCCCCN1. The van der Waals surface area contributed by atoms with Crippen LogP contribution < -0.4 is 10.6 Å². The van der Waals surface area contributed by atoms with Crippen LogP contribution in [-0.2, 0) is 9.53 Å². The van der Waals surface area contributed by atoms with Crippen molar-refractivity contribution in [3.8, 4) is 0 Å². The van der Waals surface area contributed by atoms with Crippen molar-refractivity contribution in [2.45, 2.75) is 58.1 Å². The Morgan fingerprint density at radius 2 is 2.00 bits per heavy atom. The minimum absolute atomic E-state index is 0.0303. The summed E-state index contributed by atoms with van der Waals surface area (Å²) in [5, 5.41) is 5.72. The summed E-state index contributed by atoms with van der Waals surface area (Å²) in [6.45, 7) is 6.29. The molecule has 18 heavy (non-hydrogen) atoms. The molecule has 1 saturated heterocycles. The van der Waals surface area contributed by atoms with E-state index in [0.717, 1.165) is 32.2 Å². The molecule has 1 aliphatic rings. The van der Waals surface area contributed by atoms with Crippen molar-refractivity contribution >= 4 is 11.9 Å². The number of carbonyl (C=O) groups is 2. The summed E-state index contributed by atoms with van der Waals surface area (Å²) in [7, 11) is 0. The molecule has 5 nitrogen and oxygen atoms in total. The van der Waals surface area contributed by atoms with Gasteiger partial charge >= 0.3 is 6.09 Å². The highest BCUT2D eigenvalue weighted by Gasteiger charge is 2.21. The van der Waals surface area contributed by atoms with E-state index in [0.29, 0.717) is 0 Å². The van der Waals surface area contributed by atoms with Gasteiger partial charge in [-0.05, 0) is 40.2 Å². The van der Waals surface area contributed by atoms with Crippen LogP contribution in [0, 0.1) is 0 Å². The van der Waals surface area contributed by atoms with Crippen molar-refractivity contribution in [2.75, 3.05) is 13.1 Å². The summed E-state index contributed by atoms with van der Waals surface area (Å²) in [4.78, 5) is 23.3. The highest BCUT2D eigenvalue weighted by Crippen LogP contribution is 2.09. The molecular formula is C13H24N2O3. The van der Waals surface area contributed by atoms with Crippen molar-refractivity contribution in [3.63, 3.8) is 0 Å². The van der Waals surface area contributed by atoms with E-state index in [1.165, 1.54) is 0 Å². The van der Waals surface area contributed by atoms with Crippen LogP contribution in [0.3, 0.4) is 0 Å². The van der Waals surface area contributed by atoms with Crippen LogP contribution in [0.2, 0.25) is 0 Å². The molecule has 1 amide bonds. The number of hydrogen-bond donors (Lipinski definition) is 2. The molecule has 1 fully saturated rings. The van der Waals surface area contributed by atoms with Gasteiger partial charge < -0.3 is 15.4 Å². The maximum Gasteiger partial charge on any atom is 0.408 e. The van der Waals surface area contributed by atoms with Gasteiger partial charge in [0.15, 0.2) is 5.78 Å². The van der Waals surface area contributed by atoms with Gasteiger partial charge in [0.25, 0.3) is 0 Å². The first kappa shape index (κ1) is 15.0. The Balaban J connectivity index is 2.29. The second-order valence-corrected chi connectivity index (χ2v) is 5.68. The molecule has 1 heterocycles. The summed E-state index contributed by atoms with van der Waals surface area (Å²) < 4.78 is 5.08. The highest BCUT2D eigenvalue weighted by atomic mass is 16.6. The van der Waals surface area contributed by atoms with Gasteiger partial charge in [-0.25, -0.2) is 4.79 Å². The van der Waals surface area contributed by atoms with E-state index in [1.54, 1.807) is 20.8 Å². The number of Topliss-reactive ketones (excluding diaryl/α,β-unsaturated/α-hetero) is 1. The molecule has 1 aliphatic heterocycles. The molecule has 1 unspecified atom stereocenters. The first-order valence-electron chi connectivity index (χ1n) is 6.61. The lowest BCUT2D eigenvalue weighted by molar-refractivity contribution is -0.120. The van der Waals surface area contributed by atoms with Crippen LogP contribution in [-0.4, -0.2) is 36.6 Å². The summed E-state index contributed by atoms with van der Waals surface area (Å²) >= 11 is 0. The molecule has 0 aromatic rings. The summed E-state index contributed by atoms with van der Waals surface area (Å²) in [5.74, 6) is 0.0303. The zero-order valence-electron chi connectivity index (χ0n) is 11.5. The second kappa shape index (κ2) is 6.73. The van der Waals surface area contributed by atoms with Crippen LogP contribution in [0.5, 0.6) is 0 Å². The van der Waals surface area contributed by atoms with Crippen LogP contribution in [0.1, 0.15) is 46.5 Å². The third-order valence-electron chi connectivity index (χ3n) is 2.75. The molecule has 1 atom stereocenters. The van der Waals surface area contributed by atoms with E-state index in [2.05, 4.69) is 10.6 Å². The first-order valence-corrected chi connectivity index (χ1v) is 6.61. The normalized spacial score (nSPS) is 20.9. The average Bonchev–Trinajstić information content (AvgIpc) is 2.52. The van der Waals surface area contributed by atoms with Gasteiger partial charge in [0.1, 0.15) is 5.60 Å². The fourth-order valence-corrected chi connectivity index (χ4v) is 1.90. The predicted octanol–water partition coefficient (Wildman–Crippen LogP) is 1.61. The van der Waals surface area contributed by atoms with Crippen molar-refractivity contribution in [1.29, 1.82) is 0 Å². The number of hydrogen-bond acceptors (Lipinski definition) is 4. The summed E-state index contributed by atoms with van der Waals surface area (Å²) in [5.41, 5.74) is -0.534. The molecule has 104 valence electrons. The number of alkyl carbamates (subject to hydrolysis) is 1. The topological polar surface area (TPSA) is 67.4 Å². The predicted molar refractivity (Wildman–Crippen MR) is 69.5 cm³/mol. The molecule has 0 aromatic carbocycles. The molecule has 1 rings (SSSR count). The van der Waals surface area contributed by atoms with Gasteiger partial charge in [-0.3, -0.25) is 4.79 Å². The molecule has 0 saturated carbocycles. The molecule has 2 N–H and O–H groups in total. The molecule has 0 spiro atoms. The summed E-state index contributed by atoms with van der Waals surface area (Å²) in [6, 6.07) is -0.123. The molecule has 0 bridgehead atoms. The van der Waals surface area contributed by atoms with Gasteiger partial charge in [0.05, 0.1) is 12.6 Å². The standard InChI is InChI=1S/C13H24N2O3/c1-13(2,3)18-12(17)15-9-11(16)10-7-5-4-6-8-14-10/h10,14H,4-9H2,1-3H3,(H,15,17). The highest BCUT2D eigenvalue weighted by molar-refractivity contribution is 5.88. The molecule has 0 aliphatic carbocycles. The maximum absolute atomic E-state index is 11.9. The number of amides is 1. The van der Waals surface area contributed by atoms with Crippen LogP contribution in [0.25, 0.3) is 0 Å². The minimum atomic E-state index is -0.538. The third kappa shape index (κ3) is 6.00. The Morgan fingerprint density at radius 3 is 2.67 bits per heavy atom. The van der Waals surface area contributed by atoms with Crippen LogP contribution in [0.4, 0.5) is 4.79 Å². The van der Waals surface area contributed by atoms with Crippen molar-refractivity contribution in [2.24, 2.45) is 0 Å². The monoisotopic (exact) mass is 256 g/mol. The largest absolute Gasteiger partial charge is 0.444 e. The fourth-order valence-electron chi connectivity index (χ4n) is 1.90. The van der Waals surface area contributed by atoms with E-state index in [1.807, 2.05) is 0 Å². The number of nitrogens with one attached hydrogen (secondary N) is 2. The maximum atomic E-state index is 11.9. The van der Waals surface area contributed by atoms with E-state index in [4.69, 9.17) is 4.74 Å². The van der Waals surface area contributed by atoms with Crippen LogP contribution >= 0.6 is 0 Å². The molecule has 0 aromatic heterocycles. The van der Waals surface area contributed by atoms with Crippen molar-refractivity contribution in [1.82, 2.24) is 10.6 Å². The Kier molecular flexibility index (Phi) is 5.59. The Hall–Kier alpha value is -1.10. The number of ketones is 1. The number of ether oxygens (including phenoxy) is 1. The Morgan fingerprint density at radius 1 is 1.28 bits per heavy atom. The quantitative estimate of drug-likeness (QED) is 0.805. The van der Waals surface area contributed by atoms with E-state index >= 15 is 0 Å². The van der Waals surface area contributed by atoms with E-state index < -0.39 is 11.7 Å². The molecule has 5 heteroatoms. The lowest BCUT2D eigenvalue weighted by Crippen LogP contribution is -2.43. The lowest BCUT2D eigenvalue weighted by atomic mass is 10.1.